The Balaban J connectivity index is 1.39. The minimum absolute atomic E-state index is 0.0633. The second-order valence-corrected chi connectivity index (χ2v) is 12.9. The summed E-state index contributed by atoms with van der Waals surface area (Å²) >= 11 is 1.33. The van der Waals surface area contributed by atoms with Crippen LogP contribution in [0.5, 0.6) is 0 Å². The number of carbonyl (C=O) groups is 2. The molecule has 3 rings (SSSR count). The number of anilines is 1. The lowest BCUT2D eigenvalue weighted by atomic mass is 10.1. The molecule has 0 saturated heterocycles. The monoisotopic (exact) mass is 597 g/mol. The van der Waals surface area contributed by atoms with E-state index in [1.165, 1.54) is 17.6 Å². The third kappa shape index (κ3) is 12.5. The van der Waals surface area contributed by atoms with Crippen LogP contribution in [0.15, 0.2) is 78.3 Å². The zero-order valence-electron chi connectivity index (χ0n) is 23.3. The van der Waals surface area contributed by atoms with E-state index in [-0.39, 0.29) is 24.0 Å². The second-order valence-electron chi connectivity index (χ2n) is 9.69. The molecule has 6 N–H and O–H groups in total. The maximum absolute atomic E-state index is 12.5. The molecule has 41 heavy (non-hydrogen) atoms. The molecule has 218 valence electrons. The molecular formula is C29H37N6O4S2+. The molecule has 0 aliphatic carbocycles. The molecule has 0 unspecified atom stereocenters. The van der Waals surface area contributed by atoms with E-state index in [0.717, 1.165) is 29.0 Å². The molecule has 0 spiro atoms. The molecular weight excluding hydrogens is 560 g/mol. The van der Waals surface area contributed by atoms with Gasteiger partial charge in [-0.15, -0.1) is 10.2 Å². The molecule has 2 aromatic carbocycles. The number of hydrogen-bond acceptors (Lipinski definition) is 8. The number of rotatable bonds is 15. The fourth-order valence-electron chi connectivity index (χ4n) is 3.97. The number of carbonyl (C=O) groups excluding carboxylic acids is 2. The fourth-order valence-corrected chi connectivity index (χ4v) is 5.55. The number of aromatic nitrogens is 2. The van der Waals surface area contributed by atoms with E-state index in [0.29, 0.717) is 41.5 Å². The van der Waals surface area contributed by atoms with Crippen molar-refractivity contribution in [1.82, 2.24) is 15.5 Å². The lowest BCUT2D eigenvalue weighted by molar-refractivity contribution is -0.580. The Morgan fingerprint density at radius 1 is 0.951 bits per heavy atom. The summed E-state index contributed by atoms with van der Waals surface area (Å²) in [5, 5.41) is 17.0. The number of nitrogens with two attached hydrogens (primary N) is 2. The van der Waals surface area contributed by atoms with Crippen LogP contribution in [0, 0.1) is 0 Å². The topological polar surface area (TPSA) is 161 Å². The van der Waals surface area contributed by atoms with Crippen LogP contribution < -0.4 is 21.7 Å². The first kappa shape index (κ1) is 31.7. The summed E-state index contributed by atoms with van der Waals surface area (Å²) in [4.78, 5) is 24.7. The van der Waals surface area contributed by atoms with Gasteiger partial charge in [0.05, 0.1) is 25.6 Å². The minimum Gasteiger partial charge on any atom is -0.402 e. The van der Waals surface area contributed by atoms with Crippen LogP contribution in [0.2, 0.25) is 0 Å². The molecule has 0 aliphatic heterocycles. The molecule has 12 heteroatoms. The lowest BCUT2D eigenvalue weighted by Gasteiger charge is -2.05. The van der Waals surface area contributed by atoms with Gasteiger partial charge >= 0.3 is 0 Å². The van der Waals surface area contributed by atoms with Crippen molar-refractivity contribution in [2.24, 2.45) is 5.73 Å². The van der Waals surface area contributed by atoms with Gasteiger partial charge in [-0.05, 0) is 42.0 Å². The van der Waals surface area contributed by atoms with Gasteiger partial charge < -0.3 is 16.4 Å². The molecule has 0 radical (unpaired) electrons. The number of nitrogens with zero attached hydrogens (tertiary/aromatic N) is 2. The SMILES string of the molecule is C[NH2+]/C(=C\C=C(/N)CCCCc1nnc(NC(=O)Cc2cccc(CS(C)(=O)=O)c2)s1)NC(=O)Cc1ccccc1. The van der Waals surface area contributed by atoms with Gasteiger partial charge in [-0.1, -0.05) is 65.9 Å². The smallest absolute Gasteiger partial charge is 0.232 e. The van der Waals surface area contributed by atoms with Gasteiger partial charge in [-0.25, -0.2) is 8.42 Å². The third-order valence-electron chi connectivity index (χ3n) is 5.88. The molecule has 0 bridgehead atoms. The highest BCUT2D eigenvalue weighted by Crippen LogP contribution is 2.18. The summed E-state index contributed by atoms with van der Waals surface area (Å²) in [5.74, 6) is 0.305. The van der Waals surface area contributed by atoms with Crippen molar-refractivity contribution in [3.8, 4) is 0 Å². The number of nitrogens with one attached hydrogen (secondary N) is 2. The highest BCUT2D eigenvalue weighted by molar-refractivity contribution is 7.89. The van der Waals surface area contributed by atoms with E-state index in [9.17, 15) is 18.0 Å². The zero-order chi connectivity index (χ0) is 29.7. The van der Waals surface area contributed by atoms with Crippen molar-refractivity contribution >= 4 is 38.1 Å². The molecule has 0 atom stereocenters. The molecule has 0 saturated carbocycles. The van der Waals surface area contributed by atoms with Crippen LogP contribution >= 0.6 is 11.3 Å². The highest BCUT2D eigenvalue weighted by atomic mass is 32.2. The fraction of sp³-hybridized carbons (Fsp3) is 0.310. The lowest BCUT2D eigenvalue weighted by Crippen LogP contribution is -2.80. The molecule has 0 fully saturated rings. The Kier molecular flexibility index (Phi) is 12.2. The average molecular weight is 598 g/mol. The molecule has 0 aliphatic rings. The predicted octanol–water partition coefficient (Wildman–Crippen LogP) is 2.21. The first-order valence-electron chi connectivity index (χ1n) is 13.3. The van der Waals surface area contributed by atoms with Crippen molar-refractivity contribution in [1.29, 1.82) is 0 Å². The second kappa shape index (κ2) is 15.8. The third-order valence-corrected chi connectivity index (χ3v) is 7.64. The van der Waals surface area contributed by atoms with Crippen molar-refractivity contribution in [3.63, 3.8) is 0 Å². The van der Waals surface area contributed by atoms with Crippen molar-refractivity contribution in [2.45, 2.75) is 44.3 Å². The van der Waals surface area contributed by atoms with Crippen LogP contribution in [0.1, 0.15) is 41.0 Å². The number of amides is 2. The largest absolute Gasteiger partial charge is 0.402 e. The number of unbranched alkanes of at least 4 members (excludes halogenated alkanes) is 1. The molecule has 1 aromatic heterocycles. The first-order valence-corrected chi connectivity index (χ1v) is 16.1. The van der Waals surface area contributed by atoms with Gasteiger partial charge in [0, 0.05) is 24.4 Å². The van der Waals surface area contributed by atoms with Crippen LogP contribution in [0.4, 0.5) is 5.13 Å². The summed E-state index contributed by atoms with van der Waals surface area (Å²) in [6.45, 7) is 0. The maximum Gasteiger partial charge on any atom is 0.232 e. The number of quaternary nitrogens is 1. The first-order chi connectivity index (χ1) is 19.6. The standard InChI is InChI=1S/C29H36N6O4S2/c1-31-25(32-26(36)18-21-9-4-3-5-10-21)16-15-24(30)13-6-7-14-28-34-35-29(40-28)33-27(37)19-22-11-8-12-23(17-22)20-41(2,38)39/h3-5,8-12,15-17,31H,6-7,13-14,18-20,30H2,1-2H3,(H,32,36)(H,33,35,37)/p+1/b24-15-,25-16+. The van der Waals surface area contributed by atoms with E-state index in [4.69, 9.17) is 5.73 Å². The van der Waals surface area contributed by atoms with E-state index >= 15 is 0 Å². The van der Waals surface area contributed by atoms with Crippen LogP contribution in [-0.2, 0) is 44.4 Å². The summed E-state index contributed by atoms with van der Waals surface area (Å²) in [7, 11) is -1.29. The summed E-state index contributed by atoms with van der Waals surface area (Å²) in [6, 6.07) is 16.6. The predicted molar refractivity (Wildman–Crippen MR) is 161 cm³/mol. The normalized spacial score (nSPS) is 12.2. The van der Waals surface area contributed by atoms with E-state index < -0.39 is 9.84 Å². The molecule has 1 heterocycles. The maximum atomic E-state index is 12.5. The van der Waals surface area contributed by atoms with E-state index in [2.05, 4.69) is 20.8 Å². The Morgan fingerprint density at radius 3 is 2.39 bits per heavy atom. The number of sulfone groups is 1. The summed E-state index contributed by atoms with van der Waals surface area (Å²) in [5.41, 5.74) is 9.21. The van der Waals surface area contributed by atoms with E-state index in [1.54, 1.807) is 30.3 Å². The van der Waals surface area contributed by atoms with Crippen molar-refractivity contribution < 1.29 is 23.3 Å². The molecule has 3 aromatic rings. The Labute approximate surface area is 245 Å². The minimum atomic E-state index is -3.15. The Hall–Kier alpha value is -3.87. The summed E-state index contributed by atoms with van der Waals surface area (Å²) in [6.07, 6.45) is 8.35. The quantitative estimate of drug-likeness (QED) is 0.154. The van der Waals surface area contributed by atoms with Crippen LogP contribution in [-0.4, -0.2) is 43.7 Å². The Bertz CT molecular complexity index is 1480. The van der Waals surface area contributed by atoms with Gasteiger partial charge in [0.2, 0.25) is 22.8 Å². The van der Waals surface area contributed by atoms with Gasteiger partial charge in [-0.2, -0.15) is 0 Å². The van der Waals surface area contributed by atoms with Gasteiger partial charge in [0.15, 0.2) is 9.84 Å². The molecule has 10 nitrogen and oxygen atoms in total. The average Bonchev–Trinajstić information content (AvgIpc) is 3.35. The highest BCUT2D eigenvalue weighted by Gasteiger charge is 2.11. The van der Waals surface area contributed by atoms with Crippen molar-refractivity contribution in [3.05, 3.63) is 100.0 Å². The van der Waals surface area contributed by atoms with Crippen LogP contribution in [0.25, 0.3) is 0 Å². The van der Waals surface area contributed by atoms with E-state index in [1.807, 2.05) is 48.8 Å². The Morgan fingerprint density at radius 2 is 1.66 bits per heavy atom. The van der Waals surface area contributed by atoms with Gasteiger partial charge in [0.1, 0.15) is 5.01 Å². The zero-order valence-corrected chi connectivity index (χ0v) is 24.9. The summed E-state index contributed by atoms with van der Waals surface area (Å²) < 4.78 is 23.1. The van der Waals surface area contributed by atoms with Crippen LogP contribution in [0.3, 0.4) is 0 Å². The molecule has 2 amide bonds. The van der Waals surface area contributed by atoms with Gasteiger partial charge in [-0.3, -0.25) is 14.9 Å². The number of allylic oxidation sites excluding steroid dienone is 3. The van der Waals surface area contributed by atoms with Gasteiger partial charge in [0.25, 0.3) is 0 Å². The number of hydrogen-bond donors (Lipinski definition) is 4. The number of aryl methyl sites for hydroxylation is 1. The van der Waals surface area contributed by atoms with Crippen molar-refractivity contribution in [2.75, 3.05) is 18.6 Å². The number of benzene rings is 2.